The SMILES string of the molecule is COC(=O)CCC(=O)c1ccc2c(c1)CC1(C2)Cc2ccc3c(c2C1)CCCC3=O. The number of Topliss-reactive ketones (excluding diaryl/α,β-unsaturated/α-hetero) is 2. The first-order valence-electron chi connectivity index (χ1n) is 10.9. The summed E-state index contributed by atoms with van der Waals surface area (Å²) in [7, 11) is 1.34. The Labute approximate surface area is 176 Å². The van der Waals surface area contributed by atoms with E-state index in [-0.39, 0.29) is 30.0 Å². The first-order chi connectivity index (χ1) is 14.5. The molecule has 1 spiro atoms. The molecule has 0 amide bonds. The average molecular weight is 402 g/mol. The Kier molecular flexibility index (Phi) is 4.61. The molecule has 30 heavy (non-hydrogen) atoms. The van der Waals surface area contributed by atoms with Crippen molar-refractivity contribution in [2.45, 2.75) is 57.8 Å². The van der Waals surface area contributed by atoms with E-state index in [1.165, 1.54) is 34.9 Å². The Morgan fingerprint density at radius 2 is 1.67 bits per heavy atom. The Balaban J connectivity index is 1.36. The maximum absolute atomic E-state index is 12.5. The van der Waals surface area contributed by atoms with Gasteiger partial charge in [0, 0.05) is 24.0 Å². The number of methoxy groups -OCH3 is 1. The number of ether oxygens (including phenoxy) is 1. The Morgan fingerprint density at radius 1 is 0.900 bits per heavy atom. The van der Waals surface area contributed by atoms with Crippen LogP contribution in [0.3, 0.4) is 0 Å². The van der Waals surface area contributed by atoms with E-state index in [1.54, 1.807) is 0 Å². The molecule has 5 rings (SSSR count). The molecule has 3 aliphatic carbocycles. The van der Waals surface area contributed by atoms with Crippen LogP contribution >= 0.6 is 0 Å². The number of esters is 1. The summed E-state index contributed by atoms with van der Waals surface area (Å²) in [5.74, 6) is -0.0646. The fourth-order valence-corrected chi connectivity index (χ4v) is 5.79. The standard InChI is InChI=1S/C26H26O4/c1-30-25(29)10-9-23(27)16-5-6-17-12-26(14-19(17)11-16)13-18-7-8-21-20(22(18)15-26)3-2-4-24(21)28/h5-8,11H,2-4,9-10,12-15H2,1H3. The van der Waals surface area contributed by atoms with E-state index >= 15 is 0 Å². The molecule has 1 unspecified atom stereocenters. The number of hydrogen-bond donors (Lipinski definition) is 0. The van der Waals surface area contributed by atoms with Gasteiger partial charge in [0.05, 0.1) is 13.5 Å². The predicted octanol–water partition coefficient (Wildman–Crippen LogP) is 4.23. The minimum atomic E-state index is -0.353. The molecule has 154 valence electrons. The van der Waals surface area contributed by atoms with Crippen molar-refractivity contribution < 1.29 is 19.1 Å². The maximum Gasteiger partial charge on any atom is 0.305 e. The normalized spacial score (nSPS) is 21.3. The highest BCUT2D eigenvalue weighted by Crippen LogP contribution is 2.49. The third-order valence-corrected chi connectivity index (χ3v) is 7.22. The number of ketones is 2. The summed E-state index contributed by atoms with van der Waals surface area (Å²) in [6.45, 7) is 0. The van der Waals surface area contributed by atoms with Crippen molar-refractivity contribution in [2.75, 3.05) is 7.11 Å². The van der Waals surface area contributed by atoms with Crippen molar-refractivity contribution in [1.82, 2.24) is 0 Å². The van der Waals surface area contributed by atoms with E-state index in [4.69, 9.17) is 0 Å². The van der Waals surface area contributed by atoms with Crippen LogP contribution in [0.2, 0.25) is 0 Å². The Bertz CT molecular complexity index is 1080. The van der Waals surface area contributed by atoms with Gasteiger partial charge in [0.25, 0.3) is 0 Å². The van der Waals surface area contributed by atoms with Crippen molar-refractivity contribution >= 4 is 17.5 Å². The van der Waals surface area contributed by atoms with Gasteiger partial charge in [-0.05, 0) is 77.8 Å². The van der Waals surface area contributed by atoms with E-state index in [2.05, 4.69) is 22.9 Å². The first kappa shape index (κ1) is 19.2. The summed E-state index contributed by atoms with van der Waals surface area (Å²) in [5.41, 5.74) is 8.53. The second-order valence-corrected chi connectivity index (χ2v) is 9.20. The second kappa shape index (κ2) is 7.19. The fraction of sp³-hybridized carbons (Fsp3) is 0.423. The van der Waals surface area contributed by atoms with E-state index in [0.29, 0.717) is 17.8 Å². The molecule has 0 aliphatic heterocycles. The van der Waals surface area contributed by atoms with Gasteiger partial charge in [-0.2, -0.15) is 0 Å². The van der Waals surface area contributed by atoms with Crippen molar-refractivity contribution in [3.05, 3.63) is 69.3 Å². The van der Waals surface area contributed by atoms with Crippen LogP contribution in [-0.2, 0) is 41.6 Å². The summed E-state index contributed by atoms with van der Waals surface area (Å²) in [6.07, 6.45) is 7.03. The molecule has 3 aliphatic rings. The lowest BCUT2D eigenvalue weighted by atomic mass is 9.81. The van der Waals surface area contributed by atoms with Crippen LogP contribution in [0.1, 0.15) is 74.2 Å². The number of fused-ring (bicyclic) bond motifs is 4. The number of rotatable bonds is 4. The Morgan fingerprint density at radius 3 is 2.50 bits per heavy atom. The number of carbonyl (C=O) groups excluding carboxylic acids is 3. The van der Waals surface area contributed by atoms with Crippen LogP contribution in [0.5, 0.6) is 0 Å². The average Bonchev–Trinajstić information content (AvgIpc) is 3.29. The van der Waals surface area contributed by atoms with E-state index < -0.39 is 0 Å². The summed E-state index contributed by atoms with van der Waals surface area (Å²) in [5, 5.41) is 0. The molecular weight excluding hydrogens is 376 g/mol. The van der Waals surface area contributed by atoms with Gasteiger partial charge in [-0.15, -0.1) is 0 Å². The molecule has 0 aromatic heterocycles. The van der Waals surface area contributed by atoms with E-state index in [0.717, 1.165) is 44.1 Å². The molecule has 2 aromatic rings. The Hall–Kier alpha value is -2.75. The third-order valence-electron chi connectivity index (χ3n) is 7.22. The summed E-state index contributed by atoms with van der Waals surface area (Å²) in [4.78, 5) is 36.2. The number of benzene rings is 2. The highest BCUT2D eigenvalue weighted by Gasteiger charge is 2.43. The quantitative estimate of drug-likeness (QED) is 0.567. The molecule has 4 heteroatoms. The zero-order valence-electron chi connectivity index (χ0n) is 17.4. The number of hydrogen-bond acceptors (Lipinski definition) is 4. The lowest BCUT2D eigenvalue weighted by Crippen LogP contribution is -2.22. The van der Waals surface area contributed by atoms with Crippen LogP contribution in [0.25, 0.3) is 0 Å². The predicted molar refractivity (Wildman–Crippen MR) is 113 cm³/mol. The van der Waals surface area contributed by atoms with Gasteiger partial charge in [0.2, 0.25) is 0 Å². The van der Waals surface area contributed by atoms with Crippen molar-refractivity contribution in [2.24, 2.45) is 5.41 Å². The molecule has 2 aromatic carbocycles. The smallest absolute Gasteiger partial charge is 0.305 e. The molecule has 4 nitrogen and oxygen atoms in total. The van der Waals surface area contributed by atoms with Crippen molar-refractivity contribution in [3.8, 4) is 0 Å². The topological polar surface area (TPSA) is 60.4 Å². The molecule has 0 radical (unpaired) electrons. The number of carbonyl (C=O) groups is 3. The molecular formula is C26H26O4. The molecule has 1 atom stereocenters. The summed E-state index contributed by atoms with van der Waals surface area (Å²) >= 11 is 0. The van der Waals surface area contributed by atoms with Gasteiger partial charge in [-0.25, -0.2) is 0 Å². The monoisotopic (exact) mass is 402 g/mol. The van der Waals surface area contributed by atoms with Crippen LogP contribution < -0.4 is 0 Å². The third kappa shape index (κ3) is 3.19. The summed E-state index contributed by atoms with van der Waals surface area (Å²) in [6, 6.07) is 10.3. The first-order valence-corrected chi connectivity index (χ1v) is 10.9. The van der Waals surface area contributed by atoms with Gasteiger partial charge < -0.3 is 4.74 Å². The van der Waals surface area contributed by atoms with Crippen molar-refractivity contribution in [1.29, 1.82) is 0 Å². The lowest BCUT2D eigenvalue weighted by molar-refractivity contribution is -0.140. The lowest BCUT2D eigenvalue weighted by Gasteiger charge is -2.23. The fourth-order valence-electron chi connectivity index (χ4n) is 5.79. The van der Waals surface area contributed by atoms with Gasteiger partial charge in [0.1, 0.15) is 0 Å². The molecule has 0 N–H and O–H groups in total. The van der Waals surface area contributed by atoms with Gasteiger partial charge >= 0.3 is 5.97 Å². The van der Waals surface area contributed by atoms with Crippen LogP contribution in [0.15, 0.2) is 30.3 Å². The molecule has 0 bridgehead atoms. The van der Waals surface area contributed by atoms with Crippen molar-refractivity contribution in [3.63, 3.8) is 0 Å². The maximum atomic E-state index is 12.5. The minimum absolute atomic E-state index is 0.00793. The van der Waals surface area contributed by atoms with Crippen LogP contribution in [-0.4, -0.2) is 24.6 Å². The van der Waals surface area contributed by atoms with Gasteiger partial charge in [0.15, 0.2) is 11.6 Å². The molecule has 0 saturated heterocycles. The van der Waals surface area contributed by atoms with Crippen LogP contribution in [0.4, 0.5) is 0 Å². The molecule has 0 fully saturated rings. The summed E-state index contributed by atoms with van der Waals surface area (Å²) < 4.78 is 4.64. The molecule has 0 heterocycles. The largest absolute Gasteiger partial charge is 0.469 e. The zero-order valence-corrected chi connectivity index (χ0v) is 17.4. The van der Waals surface area contributed by atoms with E-state index in [1.807, 2.05) is 12.1 Å². The minimum Gasteiger partial charge on any atom is -0.469 e. The van der Waals surface area contributed by atoms with E-state index in [9.17, 15) is 14.4 Å². The highest BCUT2D eigenvalue weighted by atomic mass is 16.5. The second-order valence-electron chi connectivity index (χ2n) is 9.20. The molecule has 0 saturated carbocycles. The van der Waals surface area contributed by atoms with Gasteiger partial charge in [-0.1, -0.05) is 24.3 Å². The van der Waals surface area contributed by atoms with Crippen LogP contribution in [0, 0.1) is 5.41 Å². The highest BCUT2D eigenvalue weighted by molar-refractivity contribution is 5.99. The van der Waals surface area contributed by atoms with Gasteiger partial charge in [-0.3, -0.25) is 14.4 Å². The zero-order chi connectivity index (χ0) is 20.9.